The van der Waals surface area contributed by atoms with E-state index in [-0.39, 0.29) is 6.04 Å². The van der Waals surface area contributed by atoms with Crippen LogP contribution >= 0.6 is 0 Å². The zero-order chi connectivity index (χ0) is 13.0. The van der Waals surface area contributed by atoms with E-state index in [1.807, 2.05) is 0 Å². The van der Waals surface area contributed by atoms with Gasteiger partial charge in [-0.3, -0.25) is 0 Å². The van der Waals surface area contributed by atoms with Gasteiger partial charge >= 0.3 is 0 Å². The third kappa shape index (κ3) is 2.96. The summed E-state index contributed by atoms with van der Waals surface area (Å²) in [6, 6.07) is 3.38. The van der Waals surface area contributed by atoms with Crippen LogP contribution in [-0.2, 0) is 0 Å². The molecule has 0 spiro atoms. The van der Waals surface area contributed by atoms with Gasteiger partial charge in [-0.2, -0.15) is 0 Å². The van der Waals surface area contributed by atoms with Crippen molar-refractivity contribution >= 4 is 0 Å². The SMILES string of the molecule is CCC(C1CCCCC1)C(N)C(O)c1ccco1. The summed E-state index contributed by atoms with van der Waals surface area (Å²) in [7, 11) is 0. The Labute approximate surface area is 109 Å². The molecule has 0 saturated heterocycles. The van der Waals surface area contributed by atoms with Gasteiger partial charge in [0.2, 0.25) is 0 Å². The molecule has 0 amide bonds. The Morgan fingerprint density at radius 1 is 1.39 bits per heavy atom. The van der Waals surface area contributed by atoms with Crippen LogP contribution in [0.3, 0.4) is 0 Å². The Hall–Kier alpha value is -0.800. The molecule has 3 N–H and O–H groups in total. The van der Waals surface area contributed by atoms with E-state index in [0.29, 0.717) is 17.6 Å². The van der Waals surface area contributed by atoms with E-state index in [1.165, 1.54) is 32.1 Å². The highest BCUT2D eigenvalue weighted by Gasteiger charge is 2.32. The smallest absolute Gasteiger partial charge is 0.133 e. The minimum atomic E-state index is -0.674. The van der Waals surface area contributed by atoms with E-state index in [4.69, 9.17) is 10.2 Å². The summed E-state index contributed by atoms with van der Waals surface area (Å²) in [4.78, 5) is 0. The van der Waals surface area contributed by atoms with E-state index in [1.54, 1.807) is 18.4 Å². The fraction of sp³-hybridized carbons (Fsp3) is 0.733. The minimum absolute atomic E-state index is 0.218. The zero-order valence-corrected chi connectivity index (χ0v) is 11.2. The molecule has 102 valence electrons. The van der Waals surface area contributed by atoms with Gasteiger partial charge in [0.15, 0.2) is 0 Å². The van der Waals surface area contributed by atoms with Gasteiger partial charge in [0.05, 0.1) is 6.26 Å². The van der Waals surface area contributed by atoms with Crippen molar-refractivity contribution in [2.45, 2.75) is 57.6 Å². The van der Waals surface area contributed by atoms with Gasteiger partial charge in [0.1, 0.15) is 11.9 Å². The molecule has 1 aliphatic rings. The normalized spacial score (nSPS) is 22.6. The first-order valence-corrected chi connectivity index (χ1v) is 7.21. The maximum absolute atomic E-state index is 10.3. The van der Waals surface area contributed by atoms with E-state index in [9.17, 15) is 5.11 Å². The van der Waals surface area contributed by atoms with Crippen LogP contribution in [0.1, 0.15) is 57.3 Å². The third-order valence-corrected chi connectivity index (χ3v) is 4.42. The highest BCUT2D eigenvalue weighted by Crippen LogP contribution is 2.36. The third-order valence-electron chi connectivity index (χ3n) is 4.42. The molecule has 3 atom stereocenters. The van der Waals surface area contributed by atoms with Crippen molar-refractivity contribution in [1.29, 1.82) is 0 Å². The van der Waals surface area contributed by atoms with Crippen LogP contribution in [0.15, 0.2) is 22.8 Å². The standard InChI is InChI=1S/C15H25NO2/c1-2-12(11-7-4-3-5-8-11)14(16)15(17)13-9-6-10-18-13/h6,9-12,14-15,17H,2-5,7-8,16H2,1H3. The largest absolute Gasteiger partial charge is 0.467 e. The molecule has 1 fully saturated rings. The van der Waals surface area contributed by atoms with E-state index in [0.717, 1.165) is 6.42 Å². The fourth-order valence-corrected chi connectivity index (χ4v) is 3.37. The van der Waals surface area contributed by atoms with Crippen LogP contribution in [0.5, 0.6) is 0 Å². The van der Waals surface area contributed by atoms with Crippen molar-refractivity contribution in [3.05, 3.63) is 24.2 Å². The Kier molecular flexibility index (Phi) is 4.84. The molecule has 1 heterocycles. The van der Waals surface area contributed by atoms with E-state index >= 15 is 0 Å². The Bertz CT molecular complexity index is 330. The summed E-state index contributed by atoms with van der Waals surface area (Å²) in [6.45, 7) is 2.17. The van der Waals surface area contributed by atoms with Crippen molar-refractivity contribution in [2.24, 2.45) is 17.6 Å². The molecular weight excluding hydrogens is 226 g/mol. The van der Waals surface area contributed by atoms with Crippen LogP contribution in [0.4, 0.5) is 0 Å². The van der Waals surface area contributed by atoms with Crippen LogP contribution in [0.2, 0.25) is 0 Å². The predicted molar refractivity (Wildman–Crippen MR) is 72.0 cm³/mol. The van der Waals surface area contributed by atoms with Crippen molar-refractivity contribution in [3.63, 3.8) is 0 Å². The fourth-order valence-electron chi connectivity index (χ4n) is 3.37. The lowest BCUT2D eigenvalue weighted by atomic mass is 9.74. The number of aliphatic hydroxyl groups excluding tert-OH is 1. The van der Waals surface area contributed by atoms with Crippen LogP contribution in [-0.4, -0.2) is 11.1 Å². The summed E-state index contributed by atoms with van der Waals surface area (Å²) < 4.78 is 5.27. The zero-order valence-electron chi connectivity index (χ0n) is 11.2. The molecule has 1 aromatic heterocycles. The van der Waals surface area contributed by atoms with Crippen molar-refractivity contribution in [3.8, 4) is 0 Å². The lowest BCUT2D eigenvalue weighted by Gasteiger charge is -2.35. The van der Waals surface area contributed by atoms with Crippen LogP contribution < -0.4 is 5.73 Å². The number of hydrogen-bond acceptors (Lipinski definition) is 3. The van der Waals surface area contributed by atoms with Crippen molar-refractivity contribution in [1.82, 2.24) is 0 Å². The number of furan rings is 1. The molecular formula is C15H25NO2. The van der Waals surface area contributed by atoms with Gasteiger partial charge in [-0.1, -0.05) is 45.4 Å². The average molecular weight is 251 g/mol. The first-order valence-electron chi connectivity index (χ1n) is 7.21. The highest BCUT2D eigenvalue weighted by atomic mass is 16.4. The first kappa shape index (κ1) is 13.6. The number of nitrogens with two attached hydrogens (primary N) is 1. The predicted octanol–water partition coefficient (Wildman–Crippen LogP) is 3.25. The number of hydrogen-bond donors (Lipinski definition) is 2. The second-order valence-corrected chi connectivity index (χ2v) is 5.51. The average Bonchev–Trinajstić information content (AvgIpc) is 2.94. The molecule has 0 bridgehead atoms. The molecule has 2 rings (SSSR count). The lowest BCUT2D eigenvalue weighted by Crippen LogP contribution is -2.40. The van der Waals surface area contributed by atoms with Gasteiger partial charge in [-0.05, 0) is 24.0 Å². The maximum Gasteiger partial charge on any atom is 0.133 e. The maximum atomic E-state index is 10.3. The van der Waals surface area contributed by atoms with Crippen molar-refractivity contribution < 1.29 is 9.52 Å². The molecule has 3 nitrogen and oxygen atoms in total. The second kappa shape index (κ2) is 6.39. The lowest BCUT2D eigenvalue weighted by molar-refractivity contribution is 0.0681. The van der Waals surface area contributed by atoms with Crippen LogP contribution in [0.25, 0.3) is 0 Å². The first-order chi connectivity index (χ1) is 8.74. The molecule has 0 aromatic carbocycles. The molecule has 1 saturated carbocycles. The van der Waals surface area contributed by atoms with Gasteiger partial charge < -0.3 is 15.3 Å². The monoisotopic (exact) mass is 251 g/mol. The molecule has 1 aliphatic carbocycles. The molecule has 0 aliphatic heterocycles. The topological polar surface area (TPSA) is 59.4 Å². The summed E-state index contributed by atoms with van der Waals surface area (Å²) in [5.41, 5.74) is 6.28. The van der Waals surface area contributed by atoms with Gasteiger partial charge in [0.25, 0.3) is 0 Å². The molecule has 1 aromatic rings. The Morgan fingerprint density at radius 3 is 2.67 bits per heavy atom. The van der Waals surface area contributed by atoms with Crippen LogP contribution in [0, 0.1) is 11.8 Å². The van der Waals surface area contributed by atoms with Gasteiger partial charge in [-0.25, -0.2) is 0 Å². The molecule has 18 heavy (non-hydrogen) atoms. The highest BCUT2D eigenvalue weighted by molar-refractivity contribution is 5.05. The van der Waals surface area contributed by atoms with E-state index < -0.39 is 6.10 Å². The van der Waals surface area contributed by atoms with E-state index in [2.05, 4.69) is 6.92 Å². The summed E-state index contributed by atoms with van der Waals surface area (Å²) in [5.74, 6) is 1.66. The summed E-state index contributed by atoms with van der Waals surface area (Å²) in [5, 5.41) is 10.3. The van der Waals surface area contributed by atoms with Crippen molar-refractivity contribution in [2.75, 3.05) is 0 Å². The quantitative estimate of drug-likeness (QED) is 0.844. The Balaban J connectivity index is 2.02. The van der Waals surface area contributed by atoms with Gasteiger partial charge in [-0.15, -0.1) is 0 Å². The Morgan fingerprint density at radius 2 is 2.11 bits per heavy atom. The number of rotatable bonds is 5. The van der Waals surface area contributed by atoms with Gasteiger partial charge in [0, 0.05) is 6.04 Å². The second-order valence-electron chi connectivity index (χ2n) is 5.51. The molecule has 0 radical (unpaired) electrons. The molecule has 3 heteroatoms. The summed E-state index contributed by atoms with van der Waals surface area (Å²) >= 11 is 0. The molecule has 3 unspecified atom stereocenters. The summed E-state index contributed by atoms with van der Waals surface area (Å²) in [6.07, 6.45) is 8.44. The number of aliphatic hydroxyl groups is 1. The minimum Gasteiger partial charge on any atom is -0.467 e.